The summed E-state index contributed by atoms with van der Waals surface area (Å²) >= 11 is 2.72. The number of piperidine rings is 1. The zero-order chi connectivity index (χ0) is 21.5. The van der Waals surface area contributed by atoms with Gasteiger partial charge in [-0.05, 0) is 50.6 Å². The molecule has 0 aliphatic carbocycles. The Morgan fingerprint density at radius 2 is 1.87 bits per heavy atom. The zero-order valence-electron chi connectivity index (χ0n) is 16.7. The van der Waals surface area contributed by atoms with Gasteiger partial charge in [-0.2, -0.15) is 0 Å². The molecule has 0 saturated carbocycles. The van der Waals surface area contributed by atoms with E-state index in [0.717, 1.165) is 38.9 Å². The van der Waals surface area contributed by atoms with E-state index in [1.54, 1.807) is 23.6 Å². The number of nitrogens with one attached hydrogen (secondary N) is 2. The number of primary sulfonamides is 1. The Bertz CT molecular complexity index is 1200. The molecule has 4 heterocycles. The molecule has 7 nitrogen and oxygen atoms in total. The first-order valence-electron chi connectivity index (χ1n) is 9.38. The van der Waals surface area contributed by atoms with Crippen molar-refractivity contribution in [3.05, 3.63) is 48.8 Å². The second-order valence-electron chi connectivity index (χ2n) is 7.96. The van der Waals surface area contributed by atoms with Crippen LogP contribution in [0.25, 0.3) is 20.3 Å². The third-order valence-electron chi connectivity index (χ3n) is 4.72. The molecule has 30 heavy (non-hydrogen) atoms. The Kier molecular flexibility index (Phi) is 5.43. The Balaban J connectivity index is 1.53. The maximum Gasteiger partial charge on any atom is 0.247 e. The smallest absolute Gasteiger partial charge is 0.247 e. The summed E-state index contributed by atoms with van der Waals surface area (Å²) in [7, 11) is -3.68. The van der Waals surface area contributed by atoms with E-state index in [-0.39, 0.29) is 15.8 Å². The van der Waals surface area contributed by atoms with Crippen molar-refractivity contribution >= 4 is 38.6 Å². The van der Waals surface area contributed by atoms with Crippen molar-refractivity contribution in [2.45, 2.75) is 42.5 Å². The maximum atomic E-state index is 11.5. The van der Waals surface area contributed by atoms with Crippen LogP contribution in [-0.4, -0.2) is 30.0 Å². The van der Waals surface area contributed by atoms with Gasteiger partial charge in [-0.15, -0.1) is 22.7 Å². The predicted molar refractivity (Wildman–Crippen MR) is 123 cm³/mol. The summed E-state index contributed by atoms with van der Waals surface area (Å²) in [6.07, 6.45) is 3.51. The van der Waals surface area contributed by atoms with E-state index in [1.807, 2.05) is 18.2 Å². The second kappa shape index (κ2) is 7.77. The molecule has 1 aliphatic rings. The van der Waals surface area contributed by atoms with Gasteiger partial charge >= 0.3 is 0 Å². The van der Waals surface area contributed by atoms with Gasteiger partial charge < -0.3 is 10.6 Å². The first-order chi connectivity index (χ1) is 14.1. The molecule has 4 rings (SSSR count). The van der Waals surface area contributed by atoms with Crippen LogP contribution in [0.5, 0.6) is 0 Å². The van der Waals surface area contributed by atoms with Gasteiger partial charge in [0.15, 0.2) is 0 Å². The van der Waals surface area contributed by atoms with Crippen LogP contribution >= 0.6 is 22.7 Å². The average Bonchev–Trinajstić information content (AvgIpc) is 3.29. The SMILES string of the molecule is C=C1CC(Nc2nccc(-c3ccc(-c4ccc(S(N)(=O)=O)s4)s3)n2)CC(C)(C)N1. The molecular weight excluding hydrogens is 438 g/mol. The lowest BCUT2D eigenvalue weighted by Gasteiger charge is -2.38. The quantitative estimate of drug-likeness (QED) is 0.529. The van der Waals surface area contributed by atoms with Crippen LogP contribution < -0.4 is 15.8 Å². The van der Waals surface area contributed by atoms with Gasteiger partial charge in [-0.25, -0.2) is 23.5 Å². The number of rotatable bonds is 5. The predicted octanol–water partition coefficient (Wildman–Crippen LogP) is 4.04. The summed E-state index contributed by atoms with van der Waals surface area (Å²) in [6.45, 7) is 8.39. The molecule has 0 amide bonds. The van der Waals surface area contributed by atoms with Gasteiger partial charge in [0.25, 0.3) is 0 Å². The molecule has 10 heteroatoms. The topological polar surface area (TPSA) is 110 Å². The minimum absolute atomic E-state index is 0.0240. The number of aromatic nitrogens is 2. The monoisotopic (exact) mass is 461 g/mol. The minimum Gasteiger partial charge on any atom is -0.384 e. The van der Waals surface area contributed by atoms with Crippen molar-refractivity contribution in [1.82, 2.24) is 15.3 Å². The van der Waals surface area contributed by atoms with Crippen LogP contribution in [0.1, 0.15) is 26.7 Å². The van der Waals surface area contributed by atoms with Crippen LogP contribution in [0.15, 0.2) is 53.0 Å². The lowest BCUT2D eigenvalue weighted by atomic mass is 9.88. The van der Waals surface area contributed by atoms with Crippen molar-refractivity contribution in [1.29, 1.82) is 0 Å². The molecule has 158 valence electrons. The molecule has 0 aromatic carbocycles. The normalized spacial score (nSPS) is 18.8. The molecule has 3 aromatic rings. The lowest BCUT2D eigenvalue weighted by molar-refractivity contribution is 0.324. The molecule has 3 aromatic heterocycles. The summed E-state index contributed by atoms with van der Waals surface area (Å²) in [5, 5.41) is 12.1. The van der Waals surface area contributed by atoms with Crippen LogP contribution in [0, 0.1) is 0 Å². The highest BCUT2D eigenvalue weighted by Gasteiger charge is 2.29. The van der Waals surface area contributed by atoms with E-state index in [9.17, 15) is 8.42 Å². The molecule has 0 spiro atoms. The van der Waals surface area contributed by atoms with Crippen LogP contribution in [0.3, 0.4) is 0 Å². The minimum atomic E-state index is -3.68. The third kappa shape index (κ3) is 4.72. The van der Waals surface area contributed by atoms with E-state index in [4.69, 9.17) is 5.14 Å². The van der Waals surface area contributed by atoms with Crippen molar-refractivity contribution in [3.8, 4) is 20.3 Å². The number of nitrogens with zero attached hydrogens (tertiary/aromatic N) is 2. The van der Waals surface area contributed by atoms with Gasteiger partial charge in [0, 0.05) is 39.6 Å². The molecule has 1 saturated heterocycles. The summed E-state index contributed by atoms with van der Waals surface area (Å²) in [6, 6.07) is 9.35. The standard InChI is InChI=1S/C20H23N5O2S3/c1-12-10-13(11-20(2,3)25-12)23-19-22-9-8-14(24-19)15-4-5-16(28-15)17-6-7-18(29-17)30(21,26)27/h4-9,13,25H,1,10-11H2,2-3H3,(H2,21,26,27)(H,22,23,24). The van der Waals surface area contributed by atoms with Gasteiger partial charge in [0.05, 0.1) is 10.6 Å². The fourth-order valence-electron chi connectivity index (χ4n) is 3.63. The number of hydrogen-bond donors (Lipinski definition) is 3. The van der Waals surface area contributed by atoms with Gasteiger partial charge in [0.1, 0.15) is 4.21 Å². The molecule has 1 fully saturated rings. The Morgan fingerprint density at radius 3 is 2.57 bits per heavy atom. The molecule has 1 aliphatic heterocycles. The number of anilines is 1. The fourth-order valence-corrected chi connectivity index (χ4v) is 6.42. The van der Waals surface area contributed by atoms with Gasteiger partial charge in [0.2, 0.25) is 16.0 Å². The van der Waals surface area contributed by atoms with Crippen molar-refractivity contribution in [2.75, 3.05) is 5.32 Å². The summed E-state index contributed by atoms with van der Waals surface area (Å²) in [5.41, 5.74) is 1.81. The van der Waals surface area contributed by atoms with Crippen LogP contribution in [-0.2, 0) is 10.0 Å². The summed E-state index contributed by atoms with van der Waals surface area (Å²) < 4.78 is 23.2. The Hall–Kier alpha value is -2.27. The van der Waals surface area contributed by atoms with E-state index in [0.29, 0.717) is 5.95 Å². The molecule has 4 N–H and O–H groups in total. The van der Waals surface area contributed by atoms with Crippen LogP contribution in [0.2, 0.25) is 0 Å². The first-order valence-corrected chi connectivity index (χ1v) is 12.6. The molecule has 1 unspecified atom stereocenters. The van der Waals surface area contributed by atoms with E-state index < -0.39 is 10.0 Å². The highest BCUT2D eigenvalue weighted by atomic mass is 32.2. The first kappa shape index (κ1) is 21.0. The molecule has 0 radical (unpaired) electrons. The number of hydrogen-bond acceptors (Lipinski definition) is 8. The number of nitrogens with two attached hydrogens (primary N) is 1. The number of thiophene rings is 2. The van der Waals surface area contributed by atoms with Crippen LogP contribution in [0.4, 0.5) is 5.95 Å². The Labute approximate surface area is 184 Å². The second-order valence-corrected chi connectivity index (χ2v) is 11.9. The summed E-state index contributed by atoms with van der Waals surface area (Å²) in [4.78, 5) is 11.9. The van der Waals surface area contributed by atoms with E-state index >= 15 is 0 Å². The maximum absolute atomic E-state index is 11.5. The number of sulfonamides is 1. The van der Waals surface area contributed by atoms with Gasteiger partial charge in [-0.1, -0.05) is 6.58 Å². The van der Waals surface area contributed by atoms with E-state index in [2.05, 4.69) is 41.0 Å². The van der Waals surface area contributed by atoms with E-state index in [1.165, 1.54) is 17.4 Å². The van der Waals surface area contributed by atoms with Crippen molar-refractivity contribution < 1.29 is 8.42 Å². The lowest BCUT2D eigenvalue weighted by Crippen LogP contribution is -2.48. The zero-order valence-corrected chi connectivity index (χ0v) is 19.1. The highest BCUT2D eigenvalue weighted by Crippen LogP contribution is 2.38. The molecule has 1 atom stereocenters. The Morgan fingerprint density at radius 1 is 1.17 bits per heavy atom. The van der Waals surface area contributed by atoms with Crippen molar-refractivity contribution in [3.63, 3.8) is 0 Å². The summed E-state index contributed by atoms with van der Waals surface area (Å²) in [5.74, 6) is 0.589. The average molecular weight is 462 g/mol. The van der Waals surface area contributed by atoms with Crippen molar-refractivity contribution in [2.24, 2.45) is 5.14 Å². The molecule has 0 bridgehead atoms. The largest absolute Gasteiger partial charge is 0.384 e. The third-order valence-corrected chi connectivity index (χ3v) is 8.54. The van der Waals surface area contributed by atoms with Gasteiger partial charge in [-0.3, -0.25) is 0 Å². The fraction of sp³-hybridized carbons (Fsp3) is 0.300. The highest BCUT2D eigenvalue weighted by molar-refractivity contribution is 7.91. The molecular formula is C20H23N5O2S3.